The Labute approximate surface area is 146 Å². The van der Waals surface area contributed by atoms with Crippen LogP contribution in [0.3, 0.4) is 0 Å². The van der Waals surface area contributed by atoms with E-state index in [1.807, 2.05) is 18.2 Å². The van der Waals surface area contributed by atoms with Crippen LogP contribution in [-0.2, 0) is 17.6 Å². The zero-order valence-corrected chi connectivity index (χ0v) is 14.0. The Kier molecular flexibility index (Phi) is 5.33. The van der Waals surface area contributed by atoms with E-state index < -0.39 is 5.97 Å². The summed E-state index contributed by atoms with van der Waals surface area (Å²) in [5.74, 6) is -0.293. The van der Waals surface area contributed by atoms with Gasteiger partial charge in [-0.2, -0.15) is 0 Å². The summed E-state index contributed by atoms with van der Waals surface area (Å²) in [4.78, 5) is 22.8. The molecule has 2 aromatic carbocycles. The summed E-state index contributed by atoms with van der Waals surface area (Å²) in [5.41, 5.74) is 4.00. The number of ether oxygens (including phenoxy) is 1. The van der Waals surface area contributed by atoms with Gasteiger partial charge in [0.05, 0.1) is 6.61 Å². The molecule has 130 valence electrons. The van der Waals surface area contributed by atoms with E-state index in [4.69, 9.17) is 9.84 Å². The van der Waals surface area contributed by atoms with Gasteiger partial charge in [-0.25, -0.2) is 0 Å². The summed E-state index contributed by atoms with van der Waals surface area (Å²) < 4.78 is 5.48. The zero-order valence-electron chi connectivity index (χ0n) is 14.0. The summed E-state index contributed by atoms with van der Waals surface area (Å²) in [6.07, 6.45) is 3.87. The second kappa shape index (κ2) is 7.83. The monoisotopic (exact) mass is 339 g/mol. The van der Waals surface area contributed by atoms with E-state index in [1.165, 1.54) is 11.1 Å². The maximum Gasteiger partial charge on any atom is 0.303 e. The van der Waals surface area contributed by atoms with Gasteiger partial charge in [-0.15, -0.1) is 0 Å². The minimum atomic E-state index is -0.826. The molecule has 0 atom stereocenters. The molecule has 5 nitrogen and oxygen atoms in total. The Bertz CT molecular complexity index is 768. The fraction of sp³-hybridized carbons (Fsp3) is 0.300. The SMILES string of the molecule is O=C(O)CCCOc1ccc(NC(=O)c2ccc3c(c2)CCC3)cc1. The molecule has 0 radical (unpaired) electrons. The Morgan fingerprint density at radius 3 is 2.56 bits per heavy atom. The molecule has 0 fully saturated rings. The van der Waals surface area contributed by atoms with Crippen molar-refractivity contribution < 1.29 is 19.4 Å². The molecule has 1 aliphatic carbocycles. The molecule has 1 aliphatic rings. The number of carbonyl (C=O) groups is 2. The van der Waals surface area contributed by atoms with Gasteiger partial charge < -0.3 is 15.2 Å². The van der Waals surface area contributed by atoms with E-state index in [0.29, 0.717) is 30.0 Å². The normalized spacial score (nSPS) is 12.5. The summed E-state index contributed by atoms with van der Waals surface area (Å²) in [6, 6.07) is 13.0. The largest absolute Gasteiger partial charge is 0.494 e. The molecule has 0 aliphatic heterocycles. The van der Waals surface area contributed by atoms with Gasteiger partial charge in [0.25, 0.3) is 5.91 Å². The minimum Gasteiger partial charge on any atom is -0.494 e. The van der Waals surface area contributed by atoms with Gasteiger partial charge in [0.1, 0.15) is 5.75 Å². The van der Waals surface area contributed by atoms with Crippen molar-refractivity contribution in [2.45, 2.75) is 32.1 Å². The Balaban J connectivity index is 1.54. The Hall–Kier alpha value is -2.82. The summed E-state index contributed by atoms with van der Waals surface area (Å²) in [7, 11) is 0. The highest BCUT2D eigenvalue weighted by Crippen LogP contribution is 2.23. The fourth-order valence-electron chi connectivity index (χ4n) is 2.96. The predicted molar refractivity (Wildman–Crippen MR) is 95.2 cm³/mol. The van der Waals surface area contributed by atoms with Crippen molar-refractivity contribution in [3.8, 4) is 5.75 Å². The molecule has 0 heterocycles. The highest BCUT2D eigenvalue weighted by Gasteiger charge is 2.14. The average molecular weight is 339 g/mol. The predicted octanol–water partition coefficient (Wildman–Crippen LogP) is 3.67. The number of carbonyl (C=O) groups excluding carboxylic acids is 1. The van der Waals surface area contributed by atoms with Crippen molar-refractivity contribution in [1.29, 1.82) is 0 Å². The molecule has 2 N–H and O–H groups in total. The number of nitrogens with one attached hydrogen (secondary N) is 1. The number of amides is 1. The molecular weight excluding hydrogens is 318 g/mol. The first-order valence-corrected chi connectivity index (χ1v) is 8.49. The van der Waals surface area contributed by atoms with Crippen LogP contribution in [0.2, 0.25) is 0 Å². The number of aryl methyl sites for hydroxylation is 2. The first-order chi connectivity index (χ1) is 12.1. The van der Waals surface area contributed by atoms with Gasteiger partial charge in [0.2, 0.25) is 0 Å². The fourth-order valence-corrected chi connectivity index (χ4v) is 2.96. The highest BCUT2D eigenvalue weighted by molar-refractivity contribution is 6.04. The van der Waals surface area contributed by atoms with Gasteiger partial charge in [-0.1, -0.05) is 6.07 Å². The molecule has 0 saturated carbocycles. The van der Waals surface area contributed by atoms with Crippen LogP contribution in [0.25, 0.3) is 0 Å². The van der Waals surface area contributed by atoms with Crippen molar-refractivity contribution >= 4 is 17.6 Å². The Morgan fingerprint density at radius 2 is 1.80 bits per heavy atom. The number of rotatable bonds is 7. The number of benzene rings is 2. The molecule has 0 bridgehead atoms. The van der Waals surface area contributed by atoms with Crippen LogP contribution in [0, 0.1) is 0 Å². The summed E-state index contributed by atoms with van der Waals surface area (Å²) in [5, 5.41) is 11.5. The van der Waals surface area contributed by atoms with Gasteiger partial charge >= 0.3 is 5.97 Å². The van der Waals surface area contributed by atoms with Crippen LogP contribution in [0.4, 0.5) is 5.69 Å². The van der Waals surface area contributed by atoms with Crippen molar-refractivity contribution in [1.82, 2.24) is 0 Å². The Morgan fingerprint density at radius 1 is 1.04 bits per heavy atom. The molecule has 25 heavy (non-hydrogen) atoms. The standard InChI is InChI=1S/C20H21NO4/c22-19(23)5-2-12-25-18-10-8-17(9-11-18)21-20(24)16-7-6-14-3-1-4-15(14)13-16/h6-11,13H,1-5,12H2,(H,21,24)(H,22,23). The second-order valence-corrected chi connectivity index (χ2v) is 6.16. The number of fused-ring (bicyclic) bond motifs is 1. The third kappa shape index (κ3) is 4.59. The quantitative estimate of drug-likeness (QED) is 0.755. The molecule has 0 spiro atoms. The van der Waals surface area contributed by atoms with E-state index in [9.17, 15) is 9.59 Å². The van der Waals surface area contributed by atoms with Crippen LogP contribution in [0.5, 0.6) is 5.75 Å². The van der Waals surface area contributed by atoms with Crippen molar-refractivity contribution in [3.05, 3.63) is 59.2 Å². The number of carboxylic acids is 1. The number of hydrogen-bond acceptors (Lipinski definition) is 3. The third-order valence-corrected chi connectivity index (χ3v) is 4.28. The second-order valence-electron chi connectivity index (χ2n) is 6.16. The van der Waals surface area contributed by atoms with E-state index in [2.05, 4.69) is 5.32 Å². The molecule has 0 aromatic heterocycles. The third-order valence-electron chi connectivity index (χ3n) is 4.28. The average Bonchev–Trinajstić information content (AvgIpc) is 3.07. The van der Waals surface area contributed by atoms with E-state index >= 15 is 0 Å². The first-order valence-electron chi connectivity index (χ1n) is 8.49. The van der Waals surface area contributed by atoms with Gasteiger partial charge in [-0.05, 0) is 73.2 Å². The lowest BCUT2D eigenvalue weighted by Crippen LogP contribution is -2.12. The van der Waals surface area contributed by atoms with Crippen LogP contribution in [0.1, 0.15) is 40.7 Å². The number of hydrogen-bond donors (Lipinski definition) is 2. The van der Waals surface area contributed by atoms with Crippen molar-refractivity contribution in [2.24, 2.45) is 0 Å². The van der Waals surface area contributed by atoms with Crippen LogP contribution in [-0.4, -0.2) is 23.6 Å². The molecule has 3 rings (SSSR count). The molecule has 1 amide bonds. The molecule has 0 saturated heterocycles. The van der Waals surface area contributed by atoms with Crippen LogP contribution < -0.4 is 10.1 Å². The van der Waals surface area contributed by atoms with Crippen LogP contribution in [0.15, 0.2) is 42.5 Å². The minimum absolute atomic E-state index is 0.0922. The molecule has 5 heteroatoms. The number of anilines is 1. The number of carboxylic acid groups (broad SMARTS) is 1. The summed E-state index contributed by atoms with van der Waals surface area (Å²) in [6.45, 7) is 0.354. The van der Waals surface area contributed by atoms with Gasteiger partial charge in [-0.3, -0.25) is 9.59 Å². The molecule has 2 aromatic rings. The zero-order chi connectivity index (χ0) is 17.6. The maximum atomic E-state index is 12.4. The topological polar surface area (TPSA) is 75.6 Å². The van der Waals surface area contributed by atoms with Crippen molar-refractivity contribution in [3.63, 3.8) is 0 Å². The smallest absolute Gasteiger partial charge is 0.303 e. The molecule has 0 unspecified atom stereocenters. The summed E-state index contributed by atoms with van der Waals surface area (Å²) >= 11 is 0. The first kappa shape index (κ1) is 17.0. The van der Waals surface area contributed by atoms with E-state index in [-0.39, 0.29) is 12.3 Å². The van der Waals surface area contributed by atoms with Crippen LogP contribution >= 0.6 is 0 Å². The van der Waals surface area contributed by atoms with Crippen molar-refractivity contribution in [2.75, 3.05) is 11.9 Å². The van der Waals surface area contributed by atoms with E-state index in [0.717, 1.165) is 19.3 Å². The van der Waals surface area contributed by atoms with Gasteiger partial charge in [0.15, 0.2) is 0 Å². The molecular formula is C20H21NO4. The highest BCUT2D eigenvalue weighted by atomic mass is 16.5. The lowest BCUT2D eigenvalue weighted by atomic mass is 10.1. The maximum absolute atomic E-state index is 12.4. The lowest BCUT2D eigenvalue weighted by Gasteiger charge is -2.09. The number of aliphatic carboxylic acids is 1. The van der Waals surface area contributed by atoms with E-state index in [1.54, 1.807) is 24.3 Å². The lowest BCUT2D eigenvalue weighted by molar-refractivity contribution is -0.137. The van der Waals surface area contributed by atoms with Gasteiger partial charge in [0, 0.05) is 17.7 Å².